The van der Waals surface area contributed by atoms with Crippen LogP contribution in [0, 0.1) is 0 Å². The van der Waals surface area contributed by atoms with Crippen LogP contribution in [0.15, 0.2) is 22.7 Å². The lowest BCUT2D eigenvalue weighted by atomic mass is 9.93. The molecule has 3 heteroatoms. The van der Waals surface area contributed by atoms with Gasteiger partial charge in [0, 0.05) is 28.8 Å². The molecule has 1 unspecified atom stereocenters. The number of nitrogens with zero attached hydrogens (tertiary/aromatic N) is 1. The highest BCUT2D eigenvalue weighted by Crippen LogP contribution is 2.32. The number of hydrogen-bond acceptors (Lipinski definition) is 2. The first-order valence-corrected chi connectivity index (χ1v) is 8.70. The van der Waals surface area contributed by atoms with E-state index < -0.39 is 0 Å². The van der Waals surface area contributed by atoms with Gasteiger partial charge in [-0.25, -0.2) is 0 Å². The highest BCUT2D eigenvalue weighted by atomic mass is 79.9. The molecule has 1 aliphatic carbocycles. The fourth-order valence-corrected chi connectivity index (χ4v) is 3.96. The molecule has 2 rings (SSSR count). The van der Waals surface area contributed by atoms with Crippen molar-refractivity contribution in [3.63, 3.8) is 0 Å². The molecule has 20 heavy (non-hydrogen) atoms. The first kappa shape index (κ1) is 15.8. The Morgan fingerprint density at radius 1 is 1.30 bits per heavy atom. The van der Waals surface area contributed by atoms with Gasteiger partial charge >= 0.3 is 0 Å². The molecule has 0 radical (unpaired) electrons. The van der Waals surface area contributed by atoms with Gasteiger partial charge in [-0.2, -0.15) is 0 Å². The molecule has 1 N–H and O–H groups in total. The zero-order valence-electron chi connectivity index (χ0n) is 13.0. The van der Waals surface area contributed by atoms with E-state index in [1.54, 1.807) is 0 Å². The Labute approximate surface area is 132 Å². The minimum atomic E-state index is 0.378. The lowest BCUT2D eigenvalue weighted by Gasteiger charge is -2.35. The van der Waals surface area contributed by atoms with E-state index in [4.69, 9.17) is 0 Å². The van der Waals surface area contributed by atoms with Crippen LogP contribution in [0.3, 0.4) is 0 Å². The number of benzene rings is 1. The molecular weight excluding hydrogens is 312 g/mol. The number of rotatable bonds is 5. The Morgan fingerprint density at radius 3 is 2.55 bits per heavy atom. The van der Waals surface area contributed by atoms with Gasteiger partial charge in [-0.15, -0.1) is 0 Å². The summed E-state index contributed by atoms with van der Waals surface area (Å²) in [6.45, 7) is 5.56. The van der Waals surface area contributed by atoms with Crippen molar-refractivity contribution in [2.45, 2.75) is 58.0 Å². The Morgan fingerprint density at radius 2 is 2.00 bits per heavy atom. The molecule has 1 saturated carbocycles. The first-order chi connectivity index (χ1) is 9.67. The zero-order chi connectivity index (χ0) is 14.5. The van der Waals surface area contributed by atoms with Crippen molar-refractivity contribution in [3.8, 4) is 0 Å². The molecule has 0 spiro atoms. The monoisotopic (exact) mass is 338 g/mol. The Bertz CT molecular complexity index is 427. The van der Waals surface area contributed by atoms with Crippen LogP contribution in [0.25, 0.3) is 0 Å². The molecule has 2 nitrogen and oxygen atoms in total. The van der Waals surface area contributed by atoms with E-state index in [0.717, 1.165) is 12.6 Å². The predicted molar refractivity (Wildman–Crippen MR) is 91.5 cm³/mol. The normalized spacial score (nSPS) is 18.0. The van der Waals surface area contributed by atoms with Crippen LogP contribution in [-0.2, 0) is 0 Å². The summed E-state index contributed by atoms with van der Waals surface area (Å²) in [5, 5.41) is 3.30. The van der Waals surface area contributed by atoms with E-state index in [1.807, 2.05) is 7.05 Å². The molecule has 0 saturated heterocycles. The summed E-state index contributed by atoms with van der Waals surface area (Å²) < 4.78 is 1.21. The quantitative estimate of drug-likeness (QED) is 0.822. The molecule has 1 fully saturated rings. The SMILES string of the molecule is CCN(c1ccc(C(C)NC)c(Br)c1)C1CCCCC1. The fourth-order valence-electron chi connectivity index (χ4n) is 3.25. The predicted octanol–water partition coefficient (Wildman–Crippen LogP) is 4.89. The van der Waals surface area contributed by atoms with Crippen molar-refractivity contribution in [3.05, 3.63) is 28.2 Å². The second kappa shape index (κ2) is 7.46. The second-order valence-corrected chi connectivity index (χ2v) is 6.65. The minimum absolute atomic E-state index is 0.378. The van der Waals surface area contributed by atoms with Crippen molar-refractivity contribution < 1.29 is 0 Å². The highest BCUT2D eigenvalue weighted by Gasteiger charge is 2.21. The molecular formula is C17H27BrN2. The van der Waals surface area contributed by atoms with Crippen LogP contribution in [0.5, 0.6) is 0 Å². The molecule has 0 bridgehead atoms. The molecule has 1 aromatic carbocycles. The van der Waals surface area contributed by atoms with Gasteiger partial charge in [0.1, 0.15) is 0 Å². The standard InChI is InChI=1S/C17H27BrN2/c1-4-20(14-8-6-5-7-9-14)15-10-11-16(13(2)19-3)17(18)12-15/h10-14,19H,4-9H2,1-3H3. The van der Waals surface area contributed by atoms with E-state index in [9.17, 15) is 0 Å². The highest BCUT2D eigenvalue weighted by molar-refractivity contribution is 9.10. The van der Waals surface area contributed by atoms with Crippen molar-refractivity contribution in [1.29, 1.82) is 0 Å². The molecule has 0 aromatic heterocycles. The summed E-state index contributed by atoms with van der Waals surface area (Å²) in [5.41, 5.74) is 2.69. The Hall–Kier alpha value is -0.540. The third-order valence-electron chi connectivity index (χ3n) is 4.57. The third kappa shape index (κ3) is 3.56. The van der Waals surface area contributed by atoms with E-state index >= 15 is 0 Å². The van der Waals surface area contributed by atoms with Gasteiger partial charge in [-0.1, -0.05) is 41.3 Å². The smallest absolute Gasteiger partial charge is 0.0380 e. The number of hydrogen-bond donors (Lipinski definition) is 1. The largest absolute Gasteiger partial charge is 0.369 e. The minimum Gasteiger partial charge on any atom is -0.369 e. The van der Waals surface area contributed by atoms with Crippen LogP contribution < -0.4 is 10.2 Å². The zero-order valence-corrected chi connectivity index (χ0v) is 14.5. The molecule has 1 atom stereocenters. The van der Waals surface area contributed by atoms with Crippen molar-refractivity contribution >= 4 is 21.6 Å². The molecule has 1 aliphatic rings. The molecule has 0 amide bonds. The maximum absolute atomic E-state index is 3.74. The lowest BCUT2D eigenvalue weighted by molar-refractivity contribution is 0.418. The second-order valence-electron chi connectivity index (χ2n) is 5.79. The average molecular weight is 339 g/mol. The van der Waals surface area contributed by atoms with Gasteiger partial charge in [0.25, 0.3) is 0 Å². The first-order valence-electron chi connectivity index (χ1n) is 7.90. The maximum Gasteiger partial charge on any atom is 0.0380 e. The van der Waals surface area contributed by atoms with E-state index in [2.05, 4.69) is 58.2 Å². The molecule has 0 heterocycles. The summed E-state index contributed by atoms with van der Waals surface area (Å²) in [5.74, 6) is 0. The van der Waals surface area contributed by atoms with E-state index in [1.165, 1.54) is 47.8 Å². The van der Waals surface area contributed by atoms with E-state index in [0.29, 0.717) is 6.04 Å². The molecule has 1 aromatic rings. The van der Waals surface area contributed by atoms with Crippen LogP contribution in [0.2, 0.25) is 0 Å². The molecule has 0 aliphatic heterocycles. The summed E-state index contributed by atoms with van der Waals surface area (Å²) in [6, 6.07) is 7.94. The Balaban J connectivity index is 2.19. The topological polar surface area (TPSA) is 15.3 Å². The number of anilines is 1. The summed E-state index contributed by atoms with van der Waals surface area (Å²) in [7, 11) is 2.01. The Kier molecular flexibility index (Phi) is 5.91. The number of halogens is 1. The number of nitrogens with one attached hydrogen (secondary N) is 1. The fraction of sp³-hybridized carbons (Fsp3) is 0.647. The third-order valence-corrected chi connectivity index (χ3v) is 5.26. The summed E-state index contributed by atoms with van der Waals surface area (Å²) in [6.07, 6.45) is 6.88. The van der Waals surface area contributed by atoms with Gasteiger partial charge in [-0.05, 0) is 51.4 Å². The van der Waals surface area contributed by atoms with Crippen LogP contribution in [-0.4, -0.2) is 19.6 Å². The summed E-state index contributed by atoms with van der Waals surface area (Å²) in [4.78, 5) is 2.58. The van der Waals surface area contributed by atoms with Crippen LogP contribution in [0.4, 0.5) is 5.69 Å². The van der Waals surface area contributed by atoms with Crippen molar-refractivity contribution in [1.82, 2.24) is 5.32 Å². The van der Waals surface area contributed by atoms with Crippen LogP contribution >= 0.6 is 15.9 Å². The molecule has 112 valence electrons. The van der Waals surface area contributed by atoms with Crippen molar-refractivity contribution in [2.24, 2.45) is 0 Å². The summed E-state index contributed by atoms with van der Waals surface area (Å²) >= 11 is 3.74. The van der Waals surface area contributed by atoms with Gasteiger partial charge in [-0.3, -0.25) is 0 Å². The average Bonchev–Trinajstić information content (AvgIpc) is 2.48. The van der Waals surface area contributed by atoms with Gasteiger partial charge in [0.05, 0.1) is 0 Å². The van der Waals surface area contributed by atoms with E-state index in [-0.39, 0.29) is 0 Å². The maximum atomic E-state index is 3.74. The van der Waals surface area contributed by atoms with Gasteiger partial charge < -0.3 is 10.2 Å². The van der Waals surface area contributed by atoms with Gasteiger partial charge in [0.2, 0.25) is 0 Å². The van der Waals surface area contributed by atoms with Gasteiger partial charge in [0.15, 0.2) is 0 Å². The van der Waals surface area contributed by atoms with Crippen LogP contribution in [0.1, 0.15) is 57.6 Å². The lowest BCUT2D eigenvalue weighted by Crippen LogP contribution is -2.36. The van der Waals surface area contributed by atoms with Crippen molar-refractivity contribution in [2.75, 3.05) is 18.5 Å².